The first-order chi connectivity index (χ1) is 10.7. The van der Waals surface area contributed by atoms with Crippen LogP contribution in [-0.2, 0) is 0 Å². The lowest BCUT2D eigenvalue weighted by molar-refractivity contribution is 0.0933. The SMILES string of the molecule is O=C(NC1CCCCCC1)c1cc(-n2cnnc2)ccc1Cl. The summed E-state index contributed by atoms with van der Waals surface area (Å²) in [5.74, 6) is -0.105. The average molecular weight is 319 g/mol. The normalized spacial score (nSPS) is 16.2. The van der Waals surface area contributed by atoms with E-state index in [1.165, 1.54) is 25.7 Å². The van der Waals surface area contributed by atoms with Crippen LogP contribution in [-0.4, -0.2) is 26.7 Å². The second kappa shape index (κ2) is 6.92. The van der Waals surface area contributed by atoms with Gasteiger partial charge in [0.15, 0.2) is 0 Å². The molecule has 1 aromatic carbocycles. The minimum atomic E-state index is -0.105. The van der Waals surface area contributed by atoms with Gasteiger partial charge in [-0.25, -0.2) is 0 Å². The average Bonchev–Trinajstić information content (AvgIpc) is 2.93. The van der Waals surface area contributed by atoms with Crippen LogP contribution in [0.25, 0.3) is 5.69 Å². The van der Waals surface area contributed by atoms with Crippen LogP contribution in [0.15, 0.2) is 30.9 Å². The number of hydrogen-bond donors (Lipinski definition) is 1. The van der Waals surface area contributed by atoms with E-state index in [0.717, 1.165) is 18.5 Å². The molecule has 1 amide bonds. The number of carbonyl (C=O) groups is 1. The van der Waals surface area contributed by atoms with Gasteiger partial charge in [0.05, 0.1) is 10.6 Å². The van der Waals surface area contributed by atoms with Gasteiger partial charge in [-0.2, -0.15) is 0 Å². The number of halogens is 1. The highest BCUT2D eigenvalue weighted by Crippen LogP contribution is 2.22. The van der Waals surface area contributed by atoms with Crippen molar-refractivity contribution >= 4 is 17.5 Å². The zero-order valence-electron chi connectivity index (χ0n) is 12.3. The summed E-state index contributed by atoms with van der Waals surface area (Å²) in [6, 6.07) is 5.61. The fourth-order valence-corrected chi connectivity index (χ4v) is 3.07. The smallest absolute Gasteiger partial charge is 0.253 e. The van der Waals surface area contributed by atoms with E-state index >= 15 is 0 Å². The Labute approximate surface area is 134 Å². The second-order valence-corrected chi connectivity index (χ2v) is 6.10. The number of aromatic nitrogens is 3. The Bertz CT molecular complexity index is 634. The Kier molecular flexibility index (Phi) is 4.73. The molecule has 1 saturated carbocycles. The fourth-order valence-electron chi connectivity index (χ4n) is 2.87. The molecule has 1 aliphatic rings. The summed E-state index contributed by atoms with van der Waals surface area (Å²) >= 11 is 6.20. The molecule has 2 aromatic rings. The molecular weight excluding hydrogens is 300 g/mol. The van der Waals surface area contributed by atoms with Crippen LogP contribution in [0, 0.1) is 0 Å². The summed E-state index contributed by atoms with van der Waals surface area (Å²) in [4.78, 5) is 12.5. The van der Waals surface area contributed by atoms with Crippen LogP contribution in [0.2, 0.25) is 5.02 Å². The van der Waals surface area contributed by atoms with Crippen LogP contribution >= 0.6 is 11.6 Å². The Hall–Kier alpha value is -1.88. The summed E-state index contributed by atoms with van der Waals surface area (Å²) in [6.45, 7) is 0. The number of nitrogens with zero attached hydrogens (tertiary/aromatic N) is 3. The molecule has 1 fully saturated rings. The van der Waals surface area contributed by atoms with Gasteiger partial charge < -0.3 is 5.32 Å². The van der Waals surface area contributed by atoms with Crippen molar-refractivity contribution in [3.05, 3.63) is 41.4 Å². The maximum atomic E-state index is 12.5. The molecule has 0 unspecified atom stereocenters. The maximum absolute atomic E-state index is 12.5. The zero-order chi connectivity index (χ0) is 15.4. The standard InChI is InChI=1S/C16H19ClN4O/c17-15-8-7-13(21-10-18-19-11-21)9-14(15)16(22)20-12-5-3-1-2-4-6-12/h7-12H,1-6H2,(H,20,22). The van der Waals surface area contributed by atoms with E-state index in [9.17, 15) is 4.79 Å². The second-order valence-electron chi connectivity index (χ2n) is 5.70. The van der Waals surface area contributed by atoms with Crippen LogP contribution in [0.4, 0.5) is 0 Å². The molecule has 1 heterocycles. The molecule has 0 saturated heterocycles. The van der Waals surface area contributed by atoms with Gasteiger partial charge in [0.1, 0.15) is 12.7 Å². The van der Waals surface area contributed by atoms with E-state index in [1.54, 1.807) is 29.4 Å². The minimum absolute atomic E-state index is 0.105. The van der Waals surface area contributed by atoms with E-state index < -0.39 is 0 Å². The van der Waals surface area contributed by atoms with E-state index in [0.29, 0.717) is 10.6 Å². The van der Waals surface area contributed by atoms with E-state index in [4.69, 9.17) is 11.6 Å². The minimum Gasteiger partial charge on any atom is -0.349 e. The highest BCUT2D eigenvalue weighted by molar-refractivity contribution is 6.33. The van der Waals surface area contributed by atoms with Crippen LogP contribution in [0.1, 0.15) is 48.9 Å². The number of amides is 1. The number of hydrogen-bond acceptors (Lipinski definition) is 3. The third-order valence-electron chi connectivity index (χ3n) is 4.10. The summed E-state index contributed by atoms with van der Waals surface area (Å²) < 4.78 is 1.75. The van der Waals surface area contributed by atoms with Gasteiger partial charge in [-0.05, 0) is 31.0 Å². The largest absolute Gasteiger partial charge is 0.349 e. The Morgan fingerprint density at radius 3 is 2.50 bits per heavy atom. The molecule has 1 N–H and O–H groups in total. The Balaban J connectivity index is 1.77. The lowest BCUT2D eigenvalue weighted by atomic mass is 10.1. The molecular formula is C16H19ClN4O. The molecule has 0 atom stereocenters. The molecule has 0 aliphatic heterocycles. The molecule has 1 aromatic heterocycles. The van der Waals surface area contributed by atoms with Crippen molar-refractivity contribution in [3.63, 3.8) is 0 Å². The van der Waals surface area contributed by atoms with E-state index in [1.807, 2.05) is 6.07 Å². The quantitative estimate of drug-likeness (QED) is 0.883. The van der Waals surface area contributed by atoms with Gasteiger partial charge in [-0.3, -0.25) is 9.36 Å². The Morgan fingerprint density at radius 2 is 1.82 bits per heavy atom. The third-order valence-corrected chi connectivity index (χ3v) is 4.43. The molecule has 116 valence electrons. The molecule has 0 bridgehead atoms. The van der Waals surface area contributed by atoms with Crippen LogP contribution in [0.3, 0.4) is 0 Å². The lowest BCUT2D eigenvalue weighted by Crippen LogP contribution is -2.34. The highest BCUT2D eigenvalue weighted by Gasteiger charge is 2.18. The summed E-state index contributed by atoms with van der Waals surface area (Å²) in [5.41, 5.74) is 1.32. The first kappa shape index (κ1) is 15.0. The van der Waals surface area contributed by atoms with Gasteiger partial charge in [0.2, 0.25) is 0 Å². The molecule has 0 radical (unpaired) electrons. The predicted octanol–water partition coefficient (Wildman–Crippen LogP) is 3.37. The first-order valence-electron chi connectivity index (χ1n) is 7.69. The van der Waals surface area contributed by atoms with Crippen LogP contribution in [0.5, 0.6) is 0 Å². The molecule has 5 nitrogen and oxygen atoms in total. The van der Waals surface area contributed by atoms with Crippen molar-refractivity contribution < 1.29 is 4.79 Å². The molecule has 22 heavy (non-hydrogen) atoms. The molecule has 3 rings (SSSR count). The summed E-state index contributed by atoms with van der Waals surface area (Å²) in [7, 11) is 0. The van der Waals surface area contributed by atoms with E-state index in [2.05, 4.69) is 15.5 Å². The first-order valence-corrected chi connectivity index (χ1v) is 8.07. The van der Waals surface area contributed by atoms with Crippen LogP contribution < -0.4 is 5.32 Å². The van der Waals surface area contributed by atoms with Crippen molar-refractivity contribution in [2.75, 3.05) is 0 Å². The number of rotatable bonds is 3. The van der Waals surface area contributed by atoms with Crippen molar-refractivity contribution in [1.29, 1.82) is 0 Å². The zero-order valence-corrected chi connectivity index (χ0v) is 13.1. The summed E-state index contributed by atoms with van der Waals surface area (Å²) in [6.07, 6.45) is 10.2. The maximum Gasteiger partial charge on any atom is 0.253 e. The lowest BCUT2D eigenvalue weighted by Gasteiger charge is -2.17. The predicted molar refractivity (Wildman–Crippen MR) is 85.3 cm³/mol. The van der Waals surface area contributed by atoms with Crippen molar-refractivity contribution in [3.8, 4) is 5.69 Å². The van der Waals surface area contributed by atoms with Gasteiger partial charge >= 0.3 is 0 Å². The molecule has 0 spiro atoms. The Morgan fingerprint density at radius 1 is 1.14 bits per heavy atom. The highest BCUT2D eigenvalue weighted by atomic mass is 35.5. The monoisotopic (exact) mass is 318 g/mol. The third kappa shape index (κ3) is 3.47. The van der Waals surface area contributed by atoms with Crippen molar-refractivity contribution in [1.82, 2.24) is 20.1 Å². The number of nitrogens with one attached hydrogen (secondary N) is 1. The van der Waals surface area contributed by atoms with Gasteiger partial charge in [0, 0.05) is 11.7 Å². The van der Waals surface area contributed by atoms with Gasteiger partial charge in [-0.1, -0.05) is 37.3 Å². The molecule has 6 heteroatoms. The fraction of sp³-hybridized carbons (Fsp3) is 0.438. The summed E-state index contributed by atoms with van der Waals surface area (Å²) in [5, 5.41) is 11.1. The number of carbonyl (C=O) groups excluding carboxylic acids is 1. The van der Waals surface area contributed by atoms with E-state index in [-0.39, 0.29) is 11.9 Å². The van der Waals surface area contributed by atoms with Gasteiger partial charge in [-0.15, -0.1) is 10.2 Å². The van der Waals surface area contributed by atoms with Crippen molar-refractivity contribution in [2.24, 2.45) is 0 Å². The van der Waals surface area contributed by atoms with Gasteiger partial charge in [0.25, 0.3) is 5.91 Å². The van der Waals surface area contributed by atoms with Crippen molar-refractivity contribution in [2.45, 2.75) is 44.6 Å². The molecule has 1 aliphatic carbocycles. The number of benzene rings is 1. The topological polar surface area (TPSA) is 59.8 Å².